The Balaban J connectivity index is 5.37. The zero-order valence-corrected chi connectivity index (χ0v) is 19.4. The molecule has 0 saturated carbocycles. The molecule has 0 aliphatic rings. The molecule has 0 bridgehead atoms. The minimum atomic E-state index is -1.28. The third-order valence-electron chi connectivity index (χ3n) is 4.27. The monoisotopic (exact) mass is 490 g/mol. The Morgan fingerprint density at radius 3 is 2.09 bits per heavy atom. The number of rotatable bonds is 17. The highest BCUT2D eigenvalue weighted by atomic mass is 32.2. The van der Waals surface area contributed by atoms with Crippen LogP contribution in [0.3, 0.4) is 0 Å². The van der Waals surface area contributed by atoms with Crippen molar-refractivity contribution in [1.82, 2.24) is 16.0 Å². The highest BCUT2D eigenvalue weighted by Gasteiger charge is 2.28. The smallest absolute Gasteiger partial charge is 0.322 e. The molecule has 0 aromatic carbocycles. The van der Waals surface area contributed by atoms with Crippen molar-refractivity contribution in [3.8, 4) is 0 Å². The van der Waals surface area contributed by atoms with Crippen LogP contribution in [0.1, 0.15) is 32.1 Å². The quantitative estimate of drug-likeness (QED) is 0.0568. The summed E-state index contributed by atoms with van der Waals surface area (Å²) in [6.45, 7) is -0.477. The summed E-state index contributed by atoms with van der Waals surface area (Å²) in [5.74, 6) is -3.54. The molecule has 0 rings (SSSR count). The van der Waals surface area contributed by atoms with Crippen LogP contribution in [0.15, 0.2) is 4.99 Å². The molecule has 14 nitrogen and oxygen atoms in total. The predicted octanol–water partition coefficient (Wildman–Crippen LogP) is -3.44. The molecule has 0 fully saturated rings. The Bertz CT molecular complexity index is 716. The number of aliphatic imine (C=N–C) groups is 1. The molecule has 4 amide bonds. The van der Waals surface area contributed by atoms with Crippen LogP contribution in [-0.4, -0.2) is 83.9 Å². The van der Waals surface area contributed by atoms with Gasteiger partial charge in [0.15, 0.2) is 5.96 Å². The van der Waals surface area contributed by atoms with Crippen LogP contribution in [0.25, 0.3) is 0 Å². The van der Waals surface area contributed by atoms with Gasteiger partial charge in [0.2, 0.25) is 23.6 Å². The lowest BCUT2D eigenvalue weighted by Gasteiger charge is -2.24. The van der Waals surface area contributed by atoms with Crippen molar-refractivity contribution in [3.63, 3.8) is 0 Å². The molecule has 0 aliphatic heterocycles. The first kappa shape index (κ1) is 29.9. The zero-order chi connectivity index (χ0) is 25.4. The van der Waals surface area contributed by atoms with Gasteiger partial charge in [-0.1, -0.05) is 0 Å². The first-order valence-corrected chi connectivity index (χ1v) is 11.6. The predicted molar refractivity (Wildman–Crippen MR) is 124 cm³/mol. The van der Waals surface area contributed by atoms with Crippen LogP contribution < -0.4 is 38.9 Å². The number of primary amides is 1. The molecule has 3 atom stereocenters. The number of nitrogens with zero attached hydrogens (tertiary/aromatic N) is 1. The molecule has 0 spiro atoms. The largest absolute Gasteiger partial charge is 0.480 e. The molecule has 0 aliphatic carbocycles. The van der Waals surface area contributed by atoms with E-state index >= 15 is 0 Å². The number of hydrogen-bond donors (Lipinski definition) is 8. The van der Waals surface area contributed by atoms with E-state index in [4.69, 9.17) is 28.0 Å². The zero-order valence-electron chi connectivity index (χ0n) is 18.5. The minimum Gasteiger partial charge on any atom is -0.480 e. The van der Waals surface area contributed by atoms with Gasteiger partial charge in [-0.2, -0.15) is 11.8 Å². The van der Waals surface area contributed by atoms with Gasteiger partial charge in [0.05, 0.1) is 6.04 Å². The lowest BCUT2D eigenvalue weighted by Crippen LogP contribution is -2.56. The summed E-state index contributed by atoms with van der Waals surface area (Å²) < 4.78 is 0. The highest BCUT2D eigenvalue weighted by molar-refractivity contribution is 7.98. The molecule has 0 aromatic rings. The van der Waals surface area contributed by atoms with Gasteiger partial charge in [0.1, 0.15) is 18.6 Å². The van der Waals surface area contributed by atoms with E-state index in [0.717, 1.165) is 0 Å². The molecule has 3 unspecified atom stereocenters. The van der Waals surface area contributed by atoms with Crippen molar-refractivity contribution in [2.24, 2.45) is 27.9 Å². The fraction of sp³-hybridized carbons (Fsp3) is 0.667. The Labute approximate surface area is 196 Å². The van der Waals surface area contributed by atoms with Crippen LogP contribution >= 0.6 is 11.8 Å². The number of carboxylic acid groups (broad SMARTS) is 1. The normalized spacial score (nSPS) is 13.2. The van der Waals surface area contributed by atoms with Crippen molar-refractivity contribution < 1.29 is 29.1 Å². The molecule has 15 heteroatoms. The maximum Gasteiger partial charge on any atom is 0.322 e. The maximum absolute atomic E-state index is 12.9. The molecule has 12 N–H and O–H groups in total. The van der Waals surface area contributed by atoms with E-state index in [1.165, 1.54) is 11.8 Å². The van der Waals surface area contributed by atoms with E-state index in [9.17, 15) is 24.0 Å². The van der Waals surface area contributed by atoms with Crippen LogP contribution in [0.2, 0.25) is 0 Å². The number of nitrogens with one attached hydrogen (secondary N) is 3. The van der Waals surface area contributed by atoms with Gasteiger partial charge in [0.25, 0.3) is 0 Å². The maximum atomic E-state index is 12.9. The third kappa shape index (κ3) is 14.6. The summed E-state index contributed by atoms with van der Waals surface area (Å²) in [5, 5.41) is 15.9. The number of aliphatic carboxylic acids is 1. The van der Waals surface area contributed by atoms with Gasteiger partial charge in [-0.15, -0.1) is 0 Å². The van der Waals surface area contributed by atoms with E-state index < -0.39 is 54.3 Å². The van der Waals surface area contributed by atoms with E-state index in [1.807, 2.05) is 6.26 Å². The van der Waals surface area contributed by atoms with E-state index in [2.05, 4.69) is 20.9 Å². The SMILES string of the molecule is CSCCC(N)C(=O)NC(CCCN=C(N)N)C(=O)NC(CCC(N)=O)C(=O)NCC(=O)O. The van der Waals surface area contributed by atoms with Gasteiger partial charge in [-0.05, 0) is 37.7 Å². The molecule has 0 heterocycles. The number of carbonyl (C=O) groups is 5. The third-order valence-corrected chi connectivity index (χ3v) is 4.92. The van der Waals surface area contributed by atoms with E-state index in [-0.39, 0.29) is 31.8 Å². The Kier molecular flexibility index (Phi) is 15.0. The Morgan fingerprint density at radius 2 is 1.55 bits per heavy atom. The number of thioether (sulfide) groups is 1. The Hall–Kier alpha value is -3.07. The van der Waals surface area contributed by atoms with Crippen molar-refractivity contribution in [3.05, 3.63) is 0 Å². The topological polar surface area (TPSA) is 258 Å². The second-order valence-electron chi connectivity index (χ2n) is 7.08. The van der Waals surface area contributed by atoms with Crippen molar-refractivity contribution in [2.45, 2.75) is 50.2 Å². The van der Waals surface area contributed by atoms with Gasteiger partial charge in [0, 0.05) is 13.0 Å². The van der Waals surface area contributed by atoms with Crippen LogP contribution in [0, 0.1) is 0 Å². The van der Waals surface area contributed by atoms with Gasteiger partial charge in [-0.3, -0.25) is 29.0 Å². The lowest BCUT2D eigenvalue weighted by atomic mass is 10.1. The molecule has 0 aromatic heterocycles. The van der Waals surface area contributed by atoms with Gasteiger partial charge in [-0.25, -0.2) is 0 Å². The molecule has 33 heavy (non-hydrogen) atoms. The molecule has 0 saturated heterocycles. The number of amides is 4. The summed E-state index contributed by atoms with van der Waals surface area (Å²) in [4.78, 5) is 63.3. The lowest BCUT2D eigenvalue weighted by molar-refractivity contribution is -0.138. The number of carboxylic acids is 1. The van der Waals surface area contributed by atoms with Crippen molar-refractivity contribution in [1.29, 1.82) is 0 Å². The summed E-state index contributed by atoms with van der Waals surface area (Å²) in [6, 6.07) is -3.16. The van der Waals surface area contributed by atoms with Crippen LogP contribution in [0.5, 0.6) is 0 Å². The second kappa shape index (κ2) is 16.5. The minimum absolute atomic E-state index is 0.124. The average molecular weight is 491 g/mol. The van der Waals surface area contributed by atoms with Crippen molar-refractivity contribution >= 4 is 47.3 Å². The van der Waals surface area contributed by atoms with Crippen molar-refractivity contribution in [2.75, 3.05) is 25.1 Å². The number of guanidine groups is 1. The standard InChI is InChI=1S/C18H34N8O6S/c1-33-8-6-10(19)15(30)25-11(3-2-7-23-18(21)22)17(32)26-12(4-5-13(20)27)16(31)24-9-14(28)29/h10-12H,2-9,19H2,1H3,(H2,20,27)(H,24,31)(H,25,30)(H,26,32)(H,28,29)(H4,21,22,23). The first-order valence-electron chi connectivity index (χ1n) is 10.2. The highest BCUT2D eigenvalue weighted by Crippen LogP contribution is 2.05. The number of nitrogens with two attached hydrogens (primary N) is 4. The molecule has 0 radical (unpaired) electrons. The van der Waals surface area contributed by atoms with Crippen LogP contribution in [-0.2, 0) is 24.0 Å². The number of carbonyl (C=O) groups excluding carboxylic acids is 4. The average Bonchev–Trinajstić information content (AvgIpc) is 2.74. The van der Waals surface area contributed by atoms with E-state index in [1.54, 1.807) is 0 Å². The summed E-state index contributed by atoms with van der Waals surface area (Å²) >= 11 is 1.52. The Morgan fingerprint density at radius 1 is 0.939 bits per heavy atom. The summed E-state index contributed by atoms with van der Waals surface area (Å²) in [5.41, 5.74) is 21.5. The van der Waals surface area contributed by atoms with E-state index in [0.29, 0.717) is 18.6 Å². The van der Waals surface area contributed by atoms with Gasteiger partial charge < -0.3 is 44.0 Å². The van der Waals surface area contributed by atoms with Gasteiger partial charge >= 0.3 is 5.97 Å². The molecular weight excluding hydrogens is 456 g/mol. The molecular formula is C18H34N8O6S. The first-order chi connectivity index (χ1) is 15.5. The number of hydrogen-bond acceptors (Lipinski definition) is 8. The fourth-order valence-corrected chi connectivity index (χ4v) is 3.03. The summed E-state index contributed by atoms with van der Waals surface area (Å²) in [6.07, 6.45) is 2.33. The molecule has 188 valence electrons. The second-order valence-corrected chi connectivity index (χ2v) is 8.06. The van der Waals surface area contributed by atoms with Crippen LogP contribution in [0.4, 0.5) is 0 Å². The summed E-state index contributed by atoms with van der Waals surface area (Å²) in [7, 11) is 0. The fourth-order valence-electron chi connectivity index (χ4n) is 2.54.